The number of rotatable bonds is 3. The fourth-order valence-electron chi connectivity index (χ4n) is 2.81. The fraction of sp³-hybridized carbons (Fsp3) is 0.562. The van der Waals surface area contributed by atoms with Crippen molar-refractivity contribution in [1.82, 2.24) is 0 Å². The third kappa shape index (κ3) is 3.79. The highest BCUT2D eigenvalue weighted by Gasteiger charge is 2.48. The normalized spacial score (nSPS) is 23.6. The van der Waals surface area contributed by atoms with Crippen LogP contribution in [-0.4, -0.2) is 11.8 Å². The Balaban J connectivity index is 2.14. The number of halogens is 2. The molecule has 0 spiro atoms. The lowest BCUT2D eigenvalue weighted by Gasteiger charge is -2.41. The van der Waals surface area contributed by atoms with Gasteiger partial charge in [-0.05, 0) is 29.5 Å². The quantitative estimate of drug-likeness (QED) is 0.896. The Morgan fingerprint density at radius 2 is 2.10 bits per heavy atom. The van der Waals surface area contributed by atoms with E-state index in [1.165, 1.54) is 0 Å². The predicted octanol–water partition coefficient (Wildman–Crippen LogP) is 3.55. The second-order valence-electron chi connectivity index (χ2n) is 6.49. The number of hydrogen-bond acceptors (Lipinski definition) is 2. The minimum atomic E-state index is -2.75. The van der Waals surface area contributed by atoms with E-state index >= 15 is 0 Å². The van der Waals surface area contributed by atoms with E-state index in [1.54, 1.807) is 18.2 Å². The molecule has 21 heavy (non-hydrogen) atoms. The van der Waals surface area contributed by atoms with Crippen molar-refractivity contribution >= 4 is 11.6 Å². The van der Waals surface area contributed by atoms with Crippen LogP contribution in [0, 0.1) is 11.3 Å². The zero-order valence-electron chi connectivity index (χ0n) is 12.5. The summed E-state index contributed by atoms with van der Waals surface area (Å²) in [5.41, 5.74) is 6.63. The molecule has 0 aromatic heterocycles. The Morgan fingerprint density at radius 3 is 2.76 bits per heavy atom. The highest BCUT2D eigenvalue weighted by atomic mass is 19.3. The van der Waals surface area contributed by atoms with Gasteiger partial charge in [-0.3, -0.25) is 4.79 Å². The zero-order valence-corrected chi connectivity index (χ0v) is 12.5. The smallest absolute Gasteiger partial charge is 0.249 e. The molecule has 1 aromatic rings. The van der Waals surface area contributed by atoms with Gasteiger partial charge < -0.3 is 11.1 Å². The van der Waals surface area contributed by atoms with Gasteiger partial charge in [0.05, 0.1) is 0 Å². The van der Waals surface area contributed by atoms with Crippen LogP contribution in [0.5, 0.6) is 0 Å². The van der Waals surface area contributed by atoms with Crippen LogP contribution in [0.1, 0.15) is 38.7 Å². The number of amides is 1. The molecule has 0 radical (unpaired) electrons. The van der Waals surface area contributed by atoms with Gasteiger partial charge in [0.1, 0.15) is 0 Å². The van der Waals surface area contributed by atoms with Crippen molar-refractivity contribution in [3.63, 3.8) is 0 Å². The second-order valence-corrected chi connectivity index (χ2v) is 6.49. The van der Waals surface area contributed by atoms with Crippen molar-refractivity contribution in [1.29, 1.82) is 0 Å². The molecule has 116 valence electrons. The number of carbonyl (C=O) groups is 1. The Kier molecular flexibility index (Phi) is 4.33. The third-order valence-corrected chi connectivity index (χ3v) is 4.33. The van der Waals surface area contributed by atoms with E-state index < -0.39 is 17.3 Å². The maximum atomic E-state index is 13.6. The summed E-state index contributed by atoms with van der Waals surface area (Å²) >= 11 is 0. The summed E-state index contributed by atoms with van der Waals surface area (Å²) in [4.78, 5) is 12.4. The lowest BCUT2D eigenvalue weighted by Crippen LogP contribution is -2.44. The average molecular weight is 296 g/mol. The number of hydrogen-bond donors (Lipinski definition) is 2. The summed E-state index contributed by atoms with van der Waals surface area (Å²) in [6.45, 7) is 4.13. The largest absolute Gasteiger partial charge is 0.326 e. The van der Waals surface area contributed by atoms with Gasteiger partial charge in [0.2, 0.25) is 11.8 Å². The number of nitrogens with one attached hydrogen (secondary N) is 1. The van der Waals surface area contributed by atoms with Crippen LogP contribution in [0.4, 0.5) is 14.5 Å². The maximum absolute atomic E-state index is 13.6. The van der Waals surface area contributed by atoms with Gasteiger partial charge in [0.15, 0.2) is 0 Å². The van der Waals surface area contributed by atoms with Gasteiger partial charge >= 0.3 is 0 Å². The summed E-state index contributed by atoms with van der Waals surface area (Å²) in [5.74, 6) is -3.78. The van der Waals surface area contributed by atoms with E-state index in [0.29, 0.717) is 18.7 Å². The van der Waals surface area contributed by atoms with Crippen molar-refractivity contribution < 1.29 is 13.6 Å². The van der Waals surface area contributed by atoms with Gasteiger partial charge in [-0.2, -0.15) is 0 Å². The number of alkyl halides is 2. The molecule has 0 unspecified atom stereocenters. The van der Waals surface area contributed by atoms with Crippen LogP contribution in [0.2, 0.25) is 0 Å². The zero-order chi connectivity index (χ0) is 15.7. The van der Waals surface area contributed by atoms with E-state index in [9.17, 15) is 13.6 Å². The maximum Gasteiger partial charge on any atom is 0.249 e. The lowest BCUT2D eigenvalue weighted by molar-refractivity contribution is -0.137. The minimum absolute atomic E-state index is 0.146. The van der Waals surface area contributed by atoms with E-state index in [-0.39, 0.29) is 18.7 Å². The van der Waals surface area contributed by atoms with Crippen LogP contribution < -0.4 is 11.1 Å². The summed E-state index contributed by atoms with van der Waals surface area (Å²) in [6, 6.07) is 7.16. The highest BCUT2D eigenvalue weighted by molar-refractivity contribution is 5.93. The number of benzene rings is 1. The van der Waals surface area contributed by atoms with Gasteiger partial charge in [0.25, 0.3) is 0 Å². The van der Waals surface area contributed by atoms with Gasteiger partial charge in [-0.1, -0.05) is 26.0 Å². The summed E-state index contributed by atoms with van der Waals surface area (Å²) in [7, 11) is 0. The molecule has 1 saturated carbocycles. The molecular weight excluding hydrogens is 274 g/mol. The monoisotopic (exact) mass is 296 g/mol. The van der Waals surface area contributed by atoms with E-state index in [2.05, 4.69) is 5.32 Å². The molecule has 0 heterocycles. The van der Waals surface area contributed by atoms with Gasteiger partial charge in [0, 0.05) is 31.0 Å². The van der Waals surface area contributed by atoms with Crippen LogP contribution in [0.15, 0.2) is 24.3 Å². The molecule has 2 rings (SSSR count). The van der Waals surface area contributed by atoms with Crippen molar-refractivity contribution in [3.05, 3.63) is 29.8 Å². The standard InChI is InChI=1S/C16H22F2N2O/c1-15(2)6-7-16(17,18)9-13(15)14(21)20-12-5-3-4-11(8-12)10-19/h3-5,8,13H,6-7,9-10,19H2,1-2H3,(H,20,21)/t13-/m0/s1. The van der Waals surface area contributed by atoms with Crippen molar-refractivity contribution in [2.75, 3.05) is 5.32 Å². The number of nitrogens with two attached hydrogens (primary N) is 1. The SMILES string of the molecule is CC1(C)CCC(F)(F)C[C@H]1C(=O)Nc1cccc(CN)c1. The van der Waals surface area contributed by atoms with Gasteiger partial charge in [-0.25, -0.2) is 8.78 Å². The topological polar surface area (TPSA) is 55.1 Å². The Morgan fingerprint density at radius 1 is 1.38 bits per heavy atom. The molecule has 1 atom stereocenters. The first kappa shape index (κ1) is 15.9. The molecule has 0 bridgehead atoms. The molecule has 3 nitrogen and oxygen atoms in total. The molecule has 1 aromatic carbocycles. The molecular formula is C16H22F2N2O. The van der Waals surface area contributed by atoms with Crippen LogP contribution in [0.25, 0.3) is 0 Å². The second kappa shape index (κ2) is 5.72. The Bertz CT molecular complexity index is 529. The van der Waals surface area contributed by atoms with Crippen LogP contribution in [0.3, 0.4) is 0 Å². The Labute approximate surface area is 123 Å². The fourth-order valence-corrected chi connectivity index (χ4v) is 2.81. The molecule has 3 N–H and O–H groups in total. The molecule has 1 aliphatic rings. The molecule has 0 saturated heterocycles. The highest BCUT2D eigenvalue weighted by Crippen LogP contribution is 2.47. The van der Waals surface area contributed by atoms with E-state index in [0.717, 1.165) is 5.56 Å². The predicted molar refractivity (Wildman–Crippen MR) is 79.0 cm³/mol. The first-order valence-electron chi connectivity index (χ1n) is 7.21. The average Bonchev–Trinajstić information content (AvgIpc) is 2.42. The van der Waals surface area contributed by atoms with Gasteiger partial charge in [-0.15, -0.1) is 0 Å². The summed E-state index contributed by atoms with van der Waals surface area (Å²) in [6.07, 6.45) is -0.185. The first-order chi connectivity index (χ1) is 9.73. The summed E-state index contributed by atoms with van der Waals surface area (Å²) in [5, 5.41) is 2.75. The third-order valence-electron chi connectivity index (χ3n) is 4.33. The van der Waals surface area contributed by atoms with Crippen molar-refractivity contribution in [2.24, 2.45) is 17.1 Å². The van der Waals surface area contributed by atoms with E-state index in [4.69, 9.17) is 5.73 Å². The number of anilines is 1. The molecule has 1 amide bonds. The van der Waals surface area contributed by atoms with Crippen LogP contribution >= 0.6 is 0 Å². The molecule has 1 fully saturated rings. The molecule has 5 heteroatoms. The summed E-state index contributed by atoms with van der Waals surface area (Å²) < 4.78 is 27.2. The first-order valence-corrected chi connectivity index (χ1v) is 7.21. The lowest BCUT2D eigenvalue weighted by atomic mass is 9.67. The minimum Gasteiger partial charge on any atom is -0.326 e. The van der Waals surface area contributed by atoms with Crippen molar-refractivity contribution in [3.8, 4) is 0 Å². The van der Waals surface area contributed by atoms with E-state index in [1.807, 2.05) is 19.9 Å². The van der Waals surface area contributed by atoms with Crippen molar-refractivity contribution in [2.45, 2.75) is 45.6 Å². The molecule has 1 aliphatic carbocycles. The Hall–Kier alpha value is -1.49. The molecule has 0 aliphatic heterocycles. The number of carbonyl (C=O) groups excluding carboxylic acids is 1. The van der Waals surface area contributed by atoms with Crippen LogP contribution in [-0.2, 0) is 11.3 Å².